The second-order valence-electron chi connectivity index (χ2n) is 4.07. The quantitative estimate of drug-likeness (QED) is 0.742. The highest BCUT2D eigenvalue weighted by Crippen LogP contribution is 2.28. The van der Waals surface area contributed by atoms with Gasteiger partial charge in [-0.1, -0.05) is 43.5 Å². The summed E-state index contributed by atoms with van der Waals surface area (Å²) in [5.41, 5.74) is 17.1. The number of hydrogen-bond donors (Lipinski definition) is 3. The van der Waals surface area contributed by atoms with Crippen molar-refractivity contribution >= 4 is 11.4 Å². The normalized spacial score (nSPS) is 23.3. The SMILES string of the molecule is C=C/C1=C(C=C)/C(N)=C(/N)c2ccccc2NC1. The Balaban J connectivity index is 2.70. The van der Waals surface area contributed by atoms with E-state index in [1.807, 2.05) is 24.3 Å². The average Bonchev–Trinajstić information content (AvgIpc) is 2.41. The topological polar surface area (TPSA) is 64.1 Å². The fourth-order valence-electron chi connectivity index (χ4n) is 2.04. The third-order valence-corrected chi connectivity index (χ3v) is 3.06. The number of fused-ring (bicyclic) bond motifs is 1. The summed E-state index contributed by atoms with van der Waals surface area (Å²) in [5, 5.41) is 3.33. The van der Waals surface area contributed by atoms with E-state index in [4.69, 9.17) is 11.5 Å². The molecule has 1 heterocycles. The molecule has 0 unspecified atom stereocenters. The standard InChI is InChI=1S/C15H17N3/c1-3-10-9-18-13-8-6-5-7-12(13)15(17)14(16)11(10)4-2/h3-8,18H,1-2,9,16-17H2/b11-10-,15-14-. The van der Waals surface area contributed by atoms with E-state index in [0.29, 0.717) is 17.9 Å². The molecule has 1 aliphatic heterocycles. The maximum absolute atomic E-state index is 6.14. The Kier molecular flexibility index (Phi) is 3.24. The van der Waals surface area contributed by atoms with Crippen LogP contribution in [0.2, 0.25) is 0 Å². The first-order valence-electron chi connectivity index (χ1n) is 5.76. The van der Waals surface area contributed by atoms with Crippen molar-refractivity contribution in [3.63, 3.8) is 0 Å². The van der Waals surface area contributed by atoms with Crippen LogP contribution in [0.1, 0.15) is 5.56 Å². The van der Waals surface area contributed by atoms with E-state index >= 15 is 0 Å². The van der Waals surface area contributed by atoms with Crippen molar-refractivity contribution in [1.82, 2.24) is 0 Å². The summed E-state index contributed by atoms with van der Waals surface area (Å²) in [7, 11) is 0. The average molecular weight is 239 g/mol. The molecular formula is C15H17N3. The Labute approximate surface area is 107 Å². The van der Waals surface area contributed by atoms with Crippen LogP contribution < -0.4 is 16.8 Å². The Morgan fingerprint density at radius 2 is 1.78 bits per heavy atom. The first kappa shape index (κ1) is 12.0. The van der Waals surface area contributed by atoms with Crippen LogP contribution in [0.15, 0.2) is 66.4 Å². The molecule has 1 aliphatic rings. The molecule has 0 radical (unpaired) electrons. The van der Waals surface area contributed by atoms with Crippen molar-refractivity contribution in [2.45, 2.75) is 0 Å². The molecule has 0 aliphatic carbocycles. The van der Waals surface area contributed by atoms with Crippen LogP contribution in [0.4, 0.5) is 5.69 Å². The van der Waals surface area contributed by atoms with Crippen molar-refractivity contribution < 1.29 is 0 Å². The van der Waals surface area contributed by atoms with Gasteiger partial charge in [-0.05, 0) is 11.6 Å². The lowest BCUT2D eigenvalue weighted by molar-refractivity contribution is 1.18. The van der Waals surface area contributed by atoms with Crippen molar-refractivity contribution in [2.24, 2.45) is 11.5 Å². The number of nitrogens with one attached hydrogen (secondary N) is 1. The first-order chi connectivity index (χ1) is 8.69. The second-order valence-corrected chi connectivity index (χ2v) is 4.07. The van der Waals surface area contributed by atoms with Crippen LogP contribution in [0.3, 0.4) is 0 Å². The molecular weight excluding hydrogens is 222 g/mol. The molecule has 1 aromatic rings. The molecule has 0 amide bonds. The molecule has 0 aromatic heterocycles. The molecule has 0 fully saturated rings. The van der Waals surface area contributed by atoms with E-state index in [1.54, 1.807) is 12.2 Å². The summed E-state index contributed by atoms with van der Waals surface area (Å²) in [6, 6.07) is 7.83. The maximum atomic E-state index is 6.14. The highest BCUT2D eigenvalue weighted by molar-refractivity contribution is 5.80. The van der Waals surface area contributed by atoms with E-state index in [1.165, 1.54) is 0 Å². The lowest BCUT2D eigenvalue weighted by atomic mass is 9.98. The van der Waals surface area contributed by atoms with Gasteiger partial charge in [0.05, 0.1) is 11.4 Å². The highest BCUT2D eigenvalue weighted by atomic mass is 14.9. The van der Waals surface area contributed by atoms with Gasteiger partial charge < -0.3 is 16.8 Å². The van der Waals surface area contributed by atoms with Gasteiger partial charge in [-0.15, -0.1) is 0 Å². The fraction of sp³-hybridized carbons (Fsp3) is 0.0667. The predicted molar refractivity (Wildman–Crippen MR) is 77.6 cm³/mol. The Bertz CT molecular complexity index is 565. The molecule has 0 atom stereocenters. The summed E-state index contributed by atoms with van der Waals surface area (Å²) in [5.74, 6) is 0. The zero-order valence-electron chi connectivity index (χ0n) is 10.2. The Morgan fingerprint density at radius 3 is 2.44 bits per heavy atom. The molecule has 3 heteroatoms. The number of allylic oxidation sites excluding steroid dienone is 1. The second kappa shape index (κ2) is 4.84. The number of hydrogen-bond acceptors (Lipinski definition) is 3. The van der Waals surface area contributed by atoms with Gasteiger partial charge in [0.2, 0.25) is 0 Å². The van der Waals surface area contributed by atoms with E-state index in [9.17, 15) is 0 Å². The molecule has 0 saturated heterocycles. The third kappa shape index (κ3) is 1.91. The van der Waals surface area contributed by atoms with Crippen molar-refractivity contribution in [2.75, 3.05) is 11.9 Å². The summed E-state index contributed by atoms with van der Waals surface area (Å²) in [4.78, 5) is 0. The van der Waals surface area contributed by atoms with Crippen LogP contribution >= 0.6 is 0 Å². The molecule has 5 N–H and O–H groups in total. The van der Waals surface area contributed by atoms with Crippen LogP contribution in [0.25, 0.3) is 5.70 Å². The highest BCUT2D eigenvalue weighted by Gasteiger charge is 2.15. The van der Waals surface area contributed by atoms with E-state index in [0.717, 1.165) is 22.4 Å². The molecule has 0 spiro atoms. The number of rotatable bonds is 2. The summed E-state index contributed by atoms with van der Waals surface area (Å²) in [6.07, 6.45) is 3.49. The summed E-state index contributed by atoms with van der Waals surface area (Å²) >= 11 is 0. The monoisotopic (exact) mass is 239 g/mol. The van der Waals surface area contributed by atoms with E-state index in [-0.39, 0.29) is 0 Å². The molecule has 1 aromatic carbocycles. The Morgan fingerprint density at radius 1 is 1.06 bits per heavy atom. The largest absolute Gasteiger partial charge is 0.397 e. The molecule has 0 saturated carbocycles. The van der Waals surface area contributed by atoms with E-state index in [2.05, 4.69) is 18.5 Å². The van der Waals surface area contributed by atoms with Gasteiger partial charge in [-0.3, -0.25) is 0 Å². The zero-order chi connectivity index (χ0) is 13.1. The van der Waals surface area contributed by atoms with Gasteiger partial charge in [0, 0.05) is 23.4 Å². The first-order valence-corrected chi connectivity index (χ1v) is 5.76. The van der Waals surface area contributed by atoms with Crippen molar-refractivity contribution in [3.8, 4) is 0 Å². The molecule has 2 rings (SSSR count). The van der Waals surface area contributed by atoms with Gasteiger partial charge in [-0.2, -0.15) is 0 Å². The predicted octanol–water partition coefficient (Wildman–Crippen LogP) is 2.37. The lowest BCUT2D eigenvalue weighted by Gasteiger charge is -2.20. The minimum absolute atomic E-state index is 0.550. The summed E-state index contributed by atoms with van der Waals surface area (Å²) < 4.78 is 0. The van der Waals surface area contributed by atoms with Gasteiger partial charge in [-0.25, -0.2) is 0 Å². The minimum atomic E-state index is 0.550. The smallest absolute Gasteiger partial charge is 0.0648 e. The van der Waals surface area contributed by atoms with Crippen molar-refractivity contribution in [1.29, 1.82) is 0 Å². The van der Waals surface area contributed by atoms with Gasteiger partial charge in [0.15, 0.2) is 0 Å². The van der Waals surface area contributed by atoms with Crippen LogP contribution in [0, 0.1) is 0 Å². The van der Waals surface area contributed by atoms with Gasteiger partial charge in [0.25, 0.3) is 0 Å². The summed E-state index contributed by atoms with van der Waals surface area (Å²) in [6.45, 7) is 8.25. The molecule has 3 nitrogen and oxygen atoms in total. The minimum Gasteiger partial charge on any atom is -0.397 e. The third-order valence-electron chi connectivity index (χ3n) is 3.06. The maximum Gasteiger partial charge on any atom is 0.0648 e. The lowest BCUT2D eigenvalue weighted by Crippen LogP contribution is -2.18. The Hall–Kier alpha value is -2.42. The number of benzene rings is 1. The van der Waals surface area contributed by atoms with Gasteiger partial charge in [0.1, 0.15) is 0 Å². The molecule has 92 valence electrons. The van der Waals surface area contributed by atoms with Crippen molar-refractivity contribution in [3.05, 3.63) is 72.0 Å². The fourth-order valence-corrected chi connectivity index (χ4v) is 2.04. The number of anilines is 1. The van der Waals surface area contributed by atoms with Crippen LogP contribution in [0.5, 0.6) is 0 Å². The molecule has 0 bridgehead atoms. The van der Waals surface area contributed by atoms with Gasteiger partial charge >= 0.3 is 0 Å². The van der Waals surface area contributed by atoms with E-state index < -0.39 is 0 Å². The number of para-hydroxylation sites is 1. The molecule has 18 heavy (non-hydrogen) atoms. The van der Waals surface area contributed by atoms with Crippen LogP contribution in [-0.2, 0) is 0 Å². The zero-order valence-corrected chi connectivity index (χ0v) is 10.2. The van der Waals surface area contributed by atoms with Crippen LogP contribution in [-0.4, -0.2) is 6.54 Å². The number of nitrogens with two attached hydrogens (primary N) is 2.